The van der Waals surface area contributed by atoms with Gasteiger partial charge in [0.15, 0.2) is 0 Å². The molecule has 5 heteroatoms. The Balaban J connectivity index is 3.14. The van der Waals surface area contributed by atoms with E-state index in [1.165, 1.54) is 0 Å². The van der Waals surface area contributed by atoms with Crippen LogP contribution in [0.3, 0.4) is 0 Å². The monoisotopic (exact) mass is 179 g/mol. The van der Waals surface area contributed by atoms with Crippen molar-refractivity contribution in [1.82, 2.24) is 5.32 Å². The summed E-state index contributed by atoms with van der Waals surface area (Å²) < 4.78 is 10.8. The molecule has 0 fully saturated rings. The van der Waals surface area contributed by atoms with Gasteiger partial charge < -0.3 is 10.4 Å². The molecule has 0 aliphatic carbocycles. The molecular weight excluding hydrogens is 166 g/mol. The van der Waals surface area contributed by atoms with E-state index >= 15 is 0 Å². The quantitative estimate of drug-likeness (QED) is 0.536. The molecule has 0 bridgehead atoms. The number of aliphatic carboxylic acids is 1. The number of carboxylic acid groups (broad SMARTS) is 1. The summed E-state index contributed by atoms with van der Waals surface area (Å²) in [5, 5.41) is 10.9. The van der Waals surface area contributed by atoms with Gasteiger partial charge in [0.2, 0.25) is 0 Å². The number of rotatable bonds is 6. The van der Waals surface area contributed by atoms with Gasteiger partial charge in [0.25, 0.3) is 0 Å². The van der Waals surface area contributed by atoms with Crippen molar-refractivity contribution >= 4 is 16.8 Å². The van der Waals surface area contributed by atoms with E-state index in [0.717, 1.165) is 0 Å². The van der Waals surface area contributed by atoms with E-state index in [2.05, 4.69) is 5.32 Å². The molecule has 11 heavy (non-hydrogen) atoms. The summed E-state index contributed by atoms with van der Waals surface area (Å²) in [6.07, 6.45) is 0. The van der Waals surface area contributed by atoms with Crippen molar-refractivity contribution in [1.29, 1.82) is 0 Å². The SMILES string of the molecule is CCS(=O)CCNCC(=O)O. The van der Waals surface area contributed by atoms with Gasteiger partial charge in [-0.2, -0.15) is 0 Å². The Kier molecular flexibility index (Phi) is 6.06. The Bertz CT molecular complexity index is 149. The van der Waals surface area contributed by atoms with E-state index in [-0.39, 0.29) is 6.54 Å². The van der Waals surface area contributed by atoms with E-state index in [4.69, 9.17) is 5.11 Å². The van der Waals surface area contributed by atoms with Crippen LogP contribution in [0, 0.1) is 0 Å². The fourth-order valence-corrected chi connectivity index (χ4v) is 1.19. The van der Waals surface area contributed by atoms with Crippen LogP contribution in [0.2, 0.25) is 0 Å². The topological polar surface area (TPSA) is 66.4 Å². The maximum Gasteiger partial charge on any atom is 0.317 e. The summed E-state index contributed by atoms with van der Waals surface area (Å²) in [6, 6.07) is 0. The minimum absolute atomic E-state index is 0.0546. The summed E-state index contributed by atoms with van der Waals surface area (Å²) >= 11 is 0. The zero-order chi connectivity index (χ0) is 8.69. The Morgan fingerprint density at radius 2 is 2.27 bits per heavy atom. The smallest absolute Gasteiger partial charge is 0.317 e. The van der Waals surface area contributed by atoms with Crippen LogP contribution in [0.15, 0.2) is 0 Å². The Labute approximate surface area is 68.4 Å². The van der Waals surface area contributed by atoms with Crippen LogP contribution in [0.4, 0.5) is 0 Å². The van der Waals surface area contributed by atoms with Crippen molar-refractivity contribution in [3.05, 3.63) is 0 Å². The molecule has 4 nitrogen and oxygen atoms in total. The molecule has 0 aromatic rings. The van der Waals surface area contributed by atoms with Crippen LogP contribution < -0.4 is 5.32 Å². The lowest BCUT2D eigenvalue weighted by molar-refractivity contribution is -0.135. The van der Waals surface area contributed by atoms with Crippen molar-refractivity contribution in [2.24, 2.45) is 0 Å². The Hall–Kier alpha value is -0.420. The summed E-state index contributed by atoms with van der Waals surface area (Å²) in [7, 11) is -0.797. The van der Waals surface area contributed by atoms with Crippen LogP contribution in [-0.2, 0) is 15.6 Å². The molecule has 0 saturated carbocycles. The van der Waals surface area contributed by atoms with E-state index in [0.29, 0.717) is 18.1 Å². The lowest BCUT2D eigenvalue weighted by Crippen LogP contribution is -2.26. The summed E-state index contributed by atoms with van der Waals surface area (Å²) in [5.74, 6) is 0.283. The van der Waals surface area contributed by atoms with Gasteiger partial charge in [-0.05, 0) is 0 Å². The Morgan fingerprint density at radius 3 is 2.73 bits per heavy atom. The number of hydrogen-bond acceptors (Lipinski definition) is 3. The maximum atomic E-state index is 10.8. The first-order chi connectivity index (χ1) is 5.16. The molecule has 0 spiro atoms. The fourth-order valence-electron chi connectivity index (χ4n) is 0.526. The third-order valence-corrected chi connectivity index (χ3v) is 2.41. The molecule has 0 rings (SSSR count). The number of carbonyl (C=O) groups is 1. The predicted molar refractivity (Wildman–Crippen MR) is 44.1 cm³/mol. The van der Waals surface area contributed by atoms with Gasteiger partial charge in [0.1, 0.15) is 0 Å². The molecule has 0 amide bonds. The molecule has 66 valence electrons. The zero-order valence-electron chi connectivity index (χ0n) is 6.50. The van der Waals surface area contributed by atoms with Crippen LogP contribution in [0.5, 0.6) is 0 Å². The zero-order valence-corrected chi connectivity index (χ0v) is 7.32. The van der Waals surface area contributed by atoms with Crippen molar-refractivity contribution in [2.75, 3.05) is 24.6 Å². The fraction of sp³-hybridized carbons (Fsp3) is 0.833. The van der Waals surface area contributed by atoms with Crippen LogP contribution >= 0.6 is 0 Å². The van der Waals surface area contributed by atoms with Crippen LogP contribution in [-0.4, -0.2) is 39.9 Å². The molecule has 1 atom stereocenters. The molecular formula is C6H13NO3S. The molecule has 0 heterocycles. The number of carboxylic acids is 1. The Morgan fingerprint density at radius 1 is 1.64 bits per heavy atom. The minimum Gasteiger partial charge on any atom is -0.480 e. The largest absolute Gasteiger partial charge is 0.480 e. The molecule has 0 aromatic carbocycles. The van der Waals surface area contributed by atoms with Crippen molar-refractivity contribution in [3.63, 3.8) is 0 Å². The lowest BCUT2D eigenvalue weighted by Gasteiger charge is -1.99. The predicted octanol–water partition coefficient (Wildman–Crippen LogP) is -0.571. The van der Waals surface area contributed by atoms with E-state index in [1.54, 1.807) is 0 Å². The van der Waals surface area contributed by atoms with Crippen LogP contribution in [0.1, 0.15) is 6.92 Å². The van der Waals surface area contributed by atoms with Gasteiger partial charge in [-0.25, -0.2) is 0 Å². The maximum absolute atomic E-state index is 10.8. The normalized spacial score (nSPS) is 12.8. The highest BCUT2D eigenvalue weighted by Crippen LogP contribution is 1.78. The second-order valence-corrected chi connectivity index (χ2v) is 3.87. The average molecular weight is 179 g/mol. The first kappa shape index (κ1) is 10.6. The highest BCUT2D eigenvalue weighted by Gasteiger charge is 1.97. The summed E-state index contributed by atoms with van der Waals surface area (Å²) in [5.41, 5.74) is 0. The highest BCUT2D eigenvalue weighted by atomic mass is 32.2. The molecule has 0 saturated heterocycles. The average Bonchev–Trinajstić information content (AvgIpc) is 1.97. The van der Waals surface area contributed by atoms with E-state index in [9.17, 15) is 9.00 Å². The number of nitrogens with one attached hydrogen (secondary N) is 1. The van der Waals surface area contributed by atoms with Crippen molar-refractivity contribution in [3.8, 4) is 0 Å². The van der Waals surface area contributed by atoms with Gasteiger partial charge in [0, 0.05) is 28.9 Å². The van der Waals surface area contributed by atoms with Gasteiger partial charge in [-0.1, -0.05) is 6.92 Å². The molecule has 0 aliphatic heterocycles. The summed E-state index contributed by atoms with van der Waals surface area (Å²) in [6.45, 7) is 2.29. The number of hydrogen-bond donors (Lipinski definition) is 2. The first-order valence-electron chi connectivity index (χ1n) is 3.44. The second-order valence-electron chi connectivity index (χ2n) is 2.00. The first-order valence-corrected chi connectivity index (χ1v) is 4.93. The van der Waals surface area contributed by atoms with Gasteiger partial charge in [-0.15, -0.1) is 0 Å². The molecule has 0 aromatic heterocycles. The van der Waals surface area contributed by atoms with Crippen LogP contribution in [0.25, 0.3) is 0 Å². The van der Waals surface area contributed by atoms with Crippen molar-refractivity contribution < 1.29 is 14.1 Å². The van der Waals surface area contributed by atoms with Gasteiger partial charge in [-0.3, -0.25) is 9.00 Å². The van der Waals surface area contributed by atoms with Crippen molar-refractivity contribution in [2.45, 2.75) is 6.92 Å². The molecule has 1 unspecified atom stereocenters. The molecule has 0 radical (unpaired) electrons. The minimum atomic E-state index is -0.882. The third kappa shape index (κ3) is 7.48. The van der Waals surface area contributed by atoms with E-state index in [1.807, 2.05) is 6.92 Å². The molecule has 0 aliphatic rings. The van der Waals surface area contributed by atoms with E-state index < -0.39 is 16.8 Å². The summed E-state index contributed by atoms with van der Waals surface area (Å²) in [4.78, 5) is 9.98. The second kappa shape index (κ2) is 6.30. The molecule has 2 N–H and O–H groups in total. The van der Waals surface area contributed by atoms with Gasteiger partial charge in [0.05, 0.1) is 6.54 Å². The van der Waals surface area contributed by atoms with Gasteiger partial charge >= 0.3 is 5.97 Å². The third-order valence-electron chi connectivity index (χ3n) is 1.10. The standard InChI is InChI=1S/C6H13NO3S/c1-2-11(10)4-3-7-5-6(8)9/h7H,2-5H2,1H3,(H,8,9). The highest BCUT2D eigenvalue weighted by molar-refractivity contribution is 7.84. The lowest BCUT2D eigenvalue weighted by atomic mass is 10.6.